The molecular weight excluding hydrogens is 282 g/mol. The van der Waals surface area contributed by atoms with E-state index in [4.69, 9.17) is 0 Å². The Labute approximate surface area is 110 Å². The minimum absolute atomic E-state index is 0.179. The fraction of sp³-hybridized carbons (Fsp3) is 0.273. The maximum Gasteiger partial charge on any atom is 0.419 e. The van der Waals surface area contributed by atoms with Crippen molar-refractivity contribution in [1.82, 2.24) is 8.75 Å². The molecule has 0 saturated heterocycles. The first-order valence-electron chi connectivity index (χ1n) is 5.37. The lowest BCUT2D eigenvalue weighted by Gasteiger charge is -2.09. The molecular formula is C11H9F4N3S. The van der Waals surface area contributed by atoms with Crippen LogP contribution in [-0.2, 0) is 6.18 Å². The van der Waals surface area contributed by atoms with Gasteiger partial charge in [0, 0.05) is 12.1 Å². The summed E-state index contributed by atoms with van der Waals surface area (Å²) in [6, 6.07) is 2.78. The van der Waals surface area contributed by atoms with E-state index in [2.05, 4.69) is 14.1 Å². The number of benzene rings is 1. The van der Waals surface area contributed by atoms with Gasteiger partial charge in [0.05, 0.1) is 17.3 Å². The quantitative estimate of drug-likeness (QED) is 0.874. The standard InChI is InChI=1S/C11H9F4N3S/c1-2-16-10-9(17-19-18-10)6-3-4-8(12)7(5-6)11(13,14)15/h3-5H,2H2,1H3,(H,16,18). The van der Waals surface area contributed by atoms with E-state index in [-0.39, 0.29) is 11.3 Å². The first-order chi connectivity index (χ1) is 8.93. The van der Waals surface area contributed by atoms with Crippen molar-refractivity contribution < 1.29 is 17.6 Å². The molecule has 102 valence electrons. The van der Waals surface area contributed by atoms with Gasteiger partial charge >= 0.3 is 6.18 Å². The average molecular weight is 291 g/mol. The Kier molecular flexibility index (Phi) is 3.70. The van der Waals surface area contributed by atoms with Crippen molar-refractivity contribution in [2.75, 3.05) is 11.9 Å². The molecule has 0 saturated carbocycles. The molecule has 0 spiro atoms. The number of rotatable bonds is 3. The van der Waals surface area contributed by atoms with Gasteiger partial charge in [-0.1, -0.05) is 0 Å². The van der Waals surface area contributed by atoms with Crippen LogP contribution < -0.4 is 5.32 Å². The van der Waals surface area contributed by atoms with Gasteiger partial charge in [0.25, 0.3) is 0 Å². The number of anilines is 1. The maximum atomic E-state index is 13.2. The molecule has 1 aromatic heterocycles. The number of aromatic nitrogens is 2. The lowest BCUT2D eigenvalue weighted by Crippen LogP contribution is -2.08. The molecule has 1 N–H and O–H groups in total. The molecule has 2 rings (SSSR count). The van der Waals surface area contributed by atoms with Gasteiger partial charge in [0.15, 0.2) is 5.82 Å². The number of nitrogens with zero attached hydrogens (tertiary/aromatic N) is 2. The Balaban J connectivity index is 2.49. The summed E-state index contributed by atoms with van der Waals surface area (Å²) >= 11 is 0.881. The Morgan fingerprint density at radius 2 is 2.00 bits per heavy atom. The zero-order valence-electron chi connectivity index (χ0n) is 9.75. The summed E-state index contributed by atoms with van der Waals surface area (Å²) in [6.07, 6.45) is -4.73. The van der Waals surface area contributed by atoms with Crippen molar-refractivity contribution in [1.29, 1.82) is 0 Å². The van der Waals surface area contributed by atoms with Crippen molar-refractivity contribution in [3.8, 4) is 11.3 Å². The lowest BCUT2D eigenvalue weighted by molar-refractivity contribution is -0.139. The molecule has 0 unspecified atom stereocenters. The van der Waals surface area contributed by atoms with Crippen LogP contribution in [0, 0.1) is 5.82 Å². The second kappa shape index (κ2) is 5.12. The van der Waals surface area contributed by atoms with E-state index >= 15 is 0 Å². The topological polar surface area (TPSA) is 37.8 Å². The second-order valence-electron chi connectivity index (χ2n) is 3.68. The summed E-state index contributed by atoms with van der Waals surface area (Å²) in [5.74, 6) is -0.906. The molecule has 0 fully saturated rings. The number of halogens is 4. The van der Waals surface area contributed by atoms with Gasteiger partial charge in [-0.15, -0.1) is 0 Å². The monoisotopic (exact) mass is 291 g/mol. The fourth-order valence-electron chi connectivity index (χ4n) is 1.55. The third-order valence-electron chi connectivity index (χ3n) is 2.38. The molecule has 0 aliphatic heterocycles. The van der Waals surface area contributed by atoms with E-state index in [0.29, 0.717) is 12.4 Å². The number of hydrogen-bond donors (Lipinski definition) is 1. The molecule has 0 atom stereocenters. The summed E-state index contributed by atoms with van der Waals surface area (Å²) in [7, 11) is 0. The largest absolute Gasteiger partial charge is 0.419 e. The van der Waals surface area contributed by atoms with Crippen LogP contribution >= 0.6 is 11.7 Å². The molecule has 1 aromatic carbocycles. The first kappa shape index (κ1) is 13.7. The summed E-state index contributed by atoms with van der Waals surface area (Å²) in [6.45, 7) is 2.39. The normalized spacial score (nSPS) is 11.6. The molecule has 19 heavy (non-hydrogen) atoms. The third-order valence-corrected chi connectivity index (χ3v) is 2.91. The van der Waals surface area contributed by atoms with Crippen molar-refractivity contribution in [3.05, 3.63) is 29.6 Å². The molecule has 8 heteroatoms. The molecule has 3 nitrogen and oxygen atoms in total. The van der Waals surface area contributed by atoms with Gasteiger partial charge in [0.2, 0.25) is 0 Å². The smallest absolute Gasteiger partial charge is 0.368 e. The van der Waals surface area contributed by atoms with Gasteiger partial charge in [-0.25, -0.2) is 4.39 Å². The number of nitrogens with one attached hydrogen (secondary N) is 1. The molecule has 1 heterocycles. The molecule has 2 aromatic rings. The predicted molar refractivity (Wildman–Crippen MR) is 64.5 cm³/mol. The summed E-state index contributed by atoms with van der Waals surface area (Å²) in [5.41, 5.74) is -0.837. The van der Waals surface area contributed by atoms with Crippen molar-refractivity contribution in [3.63, 3.8) is 0 Å². The average Bonchev–Trinajstić information content (AvgIpc) is 2.77. The van der Waals surface area contributed by atoms with Crippen LogP contribution in [0.1, 0.15) is 12.5 Å². The van der Waals surface area contributed by atoms with E-state index in [1.165, 1.54) is 6.07 Å². The van der Waals surface area contributed by atoms with E-state index < -0.39 is 17.6 Å². The molecule has 0 aliphatic rings. The fourth-order valence-corrected chi connectivity index (χ4v) is 2.10. The highest BCUT2D eigenvalue weighted by Gasteiger charge is 2.34. The Morgan fingerprint density at radius 1 is 1.26 bits per heavy atom. The van der Waals surface area contributed by atoms with Crippen LogP contribution in [0.4, 0.5) is 23.4 Å². The summed E-state index contributed by atoms with van der Waals surface area (Å²) < 4.78 is 59.0. The van der Waals surface area contributed by atoms with Gasteiger partial charge in [0.1, 0.15) is 11.5 Å². The predicted octanol–water partition coefficient (Wildman–Crippen LogP) is 3.79. The molecule has 0 bridgehead atoms. The van der Waals surface area contributed by atoms with Gasteiger partial charge in [-0.2, -0.15) is 21.9 Å². The Hall–Kier alpha value is -1.70. The van der Waals surface area contributed by atoms with Crippen LogP contribution in [0.5, 0.6) is 0 Å². The number of hydrogen-bond acceptors (Lipinski definition) is 4. The minimum atomic E-state index is -4.73. The van der Waals surface area contributed by atoms with Crippen molar-refractivity contribution in [2.45, 2.75) is 13.1 Å². The zero-order valence-corrected chi connectivity index (χ0v) is 10.6. The van der Waals surface area contributed by atoms with Crippen LogP contribution in [-0.4, -0.2) is 15.3 Å². The van der Waals surface area contributed by atoms with Crippen molar-refractivity contribution >= 4 is 17.5 Å². The SMILES string of the molecule is CCNc1nsnc1-c1ccc(F)c(C(F)(F)F)c1. The van der Waals surface area contributed by atoms with Crippen LogP contribution in [0.2, 0.25) is 0 Å². The molecule has 0 amide bonds. The highest BCUT2D eigenvalue weighted by molar-refractivity contribution is 6.99. The van der Waals surface area contributed by atoms with E-state index in [9.17, 15) is 17.6 Å². The highest BCUT2D eigenvalue weighted by Crippen LogP contribution is 2.35. The maximum absolute atomic E-state index is 13.2. The van der Waals surface area contributed by atoms with E-state index in [1.807, 2.05) is 6.92 Å². The van der Waals surface area contributed by atoms with Crippen LogP contribution in [0.25, 0.3) is 11.3 Å². The zero-order chi connectivity index (χ0) is 14.0. The first-order valence-corrected chi connectivity index (χ1v) is 6.10. The van der Waals surface area contributed by atoms with Gasteiger partial charge in [-0.3, -0.25) is 0 Å². The minimum Gasteiger partial charge on any atom is -0.368 e. The second-order valence-corrected chi connectivity index (χ2v) is 4.21. The van der Waals surface area contributed by atoms with Crippen molar-refractivity contribution in [2.24, 2.45) is 0 Å². The van der Waals surface area contributed by atoms with E-state index in [1.54, 1.807) is 0 Å². The number of alkyl halides is 3. The van der Waals surface area contributed by atoms with Crippen LogP contribution in [0.3, 0.4) is 0 Å². The molecule has 0 aliphatic carbocycles. The van der Waals surface area contributed by atoms with Gasteiger partial charge in [-0.05, 0) is 25.1 Å². The lowest BCUT2D eigenvalue weighted by atomic mass is 10.1. The third kappa shape index (κ3) is 2.83. The summed E-state index contributed by atoms with van der Waals surface area (Å²) in [5, 5.41) is 2.89. The Bertz CT molecular complexity index is 580. The Morgan fingerprint density at radius 3 is 2.63 bits per heavy atom. The summed E-state index contributed by atoms with van der Waals surface area (Å²) in [4.78, 5) is 0. The van der Waals surface area contributed by atoms with Gasteiger partial charge < -0.3 is 5.32 Å². The molecule has 0 radical (unpaired) electrons. The highest BCUT2D eigenvalue weighted by atomic mass is 32.1. The van der Waals surface area contributed by atoms with Crippen LogP contribution in [0.15, 0.2) is 18.2 Å². The van der Waals surface area contributed by atoms with E-state index in [0.717, 1.165) is 23.9 Å².